The molecule has 0 N–H and O–H groups in total. The Bertz CT molecular complexity index is 2740. The van der Waals surface area contributed by atoms with Crippen molar-refractivity contribution in [2.24, 2.45) is 0 Å². The van der Waals surface area contributed by atoms with E-state index >= 15 is 0 Å². The molecule has 0 aliphatic heterocycles. The van der Waals surface area contributed by atoms with Crippen molar-refractivity contribution >= 4 is 32.3 Å². The molecular formula is C51H36. The molecule has 1 aliphatic carbocycles. The average molecular weight is 649 g/mol. The summed E-state index contributed by atoms with van der Waals surface area (Å²) in [6, 6.07) is 67.3. The van der Waals surface area contributed by atoms with E-state index in [0.717, 1.165) is 0 Å². The molecule has 240 valence electrons. The van der Waals surface area contributed by atoms with E-state index in [1.54, 1.807) is 0 Å². The van der Waals surface area contributed by atoms with E-state index in [-0.39, 0.29) is 5.41 Å². The molecule has 0 heterocycles. The fraction of sp³-hybridized carbons (Fsp3) is 0.0588. The summed E-state index contributed by atoms with van der Waals surface area (Å²) < 4.78 is 0. The molecule has 0 unspecified atom stereocenters. The third-order valence-electron chi connectivity index (χ3n) is 11.3. The molecule has 0 aromatic heterocycles. The number of hydrogen-bond donors (Lipinski definition) is 0. The molecule has 0 amide bonds. The van der Waals surface area contributed by atoms with Gasteiger partial charge in [-0.3, -0.25) is 0 Å². The molecule has 0 saturated heterocycles. The van der Waals surface area contributed by atoms with Gasteiger partial charge in [0.2, 0.25) is 0 Å². The predicted molar refractivity (Wildman–Crippen MR) is 218 cm³/mol. The first kappa shape index (κ1) is 29.7. The van der Waals surface area contributed by atoms with Crippen LogP contribution in [0, 0.1) is 0 Å². The van der Waals surface area contributed by atoms with Crippen LogP contribution in [-0.2, 0) is 5.41 Å². The molecular weight excluding hydrogens is 613 g/mol. The lowest BCUT2D eigenvalue weighted by atomic mass is 9.81. The highest BCUT2D eigenvalue weighted by molar-refractivity contribution is 6.24. The van der Waals surface area contributed by atoms with Gasteiger partial charge in [-0.2, -0.15) is 0 Å². The van der Waals surface area contributed by atoms with Crippen molar-refractivity contribution in [3.63, 3.8) is 0 Å². The quantitative estimate of drug-likeness (QED) is 0.167. The number of benzene rings is 9. The maximum Gasteiger partial charge on any atom is 0.0159 e. The van der Waals surface area contributed by atoms with Crippen molar-refractivity contribution < 1.29 is 0 Å². The molecule has 10 rings (SSSR count). The first-order chi connectivity index (χ1) is 25.1. The lowest BCUT2D eigenvalue weighted by Crippen LogP contribution is -2.14. The molecule has 0 heteroatoms. The van der Waals surface area contributed by atoms with Crippen LogP contribution in [0.5, 0.6) is 0 Å². The summed E-state index contributed by atoms with van der Waals surface area (Å²) in [5.41, 5.74) is 15.6. The van der Waals surface area contributed by atoms with Crippen LogP contribution in [0.1, 0.15) is 25.0 Å². The van der Waals surface area contributed by atoms with Crippen LogP contribution in [-0.4, -0.2) is 0 Å². The molecule has 9 aromatic carbocycles. The predicted octanol–water partition coefficient (Wildman–Crippen LogP) is 14.1. The van der Waals surface area contributed by atoms with Gasteiger partial charge in [-0.15, -0.1) is 0 Å². The van der Waals surface area contributed by atoms with Crippen LogP contribution in [0.3, 0.4) is 0 Å². The van der Waals surface area contributed by atoms with Crippen LogP contribution in [0.25, 0.3) is 88.0 Å². The normalized spacial score (nSPS) is 13.1. The van der Waals surface area contributed by atoms with Crippen molar-refractivity contribution in [2.75, 3.05) is 0 Å². The third-order valence-corrected chi connectivity index (χ3v) is 11.3. The first-order valence-electron chi connectivity index (χ1n) is 17.9. The van der Waals surface area contributed by atoms with E-state index in [2.05, 4.69) is 196 Å². The maximum atomic E-state index is 2.44. The van der Waals surface area contributed by atoms with E-state index in [1.807, 2.05) is 0 Å². The van der Waals surface area contributed by atoms with Crippen molar-refractivity contribution in [3.05, 3.63) is 193 Å². The molecule has 0 spiro atoms. The highest BCUT2D eigenvalue weighted by atomic mass is 14.4. The van der Waals surface area contributed by atoms with E-state index in [0.29, 0.717) is 0 Å². The zero-order valence-electron chi connectivity index (χ0n) is 28.8. The largest absolute Gasteiger partial charge is 0.0622 e. The molecule has 0 saturated carbocycles. The highest BCUT2D eigenvalue weighted by Crippen LogP contribution is 2.51. The monoisotopic (exact) mass is 648 g/mol. The molecule has 0 nitrogen and oxygen atoms in total. The van der Waals surface area contributed by atoms with Crippen LogP contribution in [0.2, 0.25) is 0 Å². The summed E-state index contributed by atoms with van der Waals surface area (Å²) in [6.45, 7) is 4.72. The molecule has 0 radical (unpaired) electrons. The van der Waals surface area contributed by atoms with E-state index in [4.69, 9.17) is 0 Å². The summed E-state index contributed by atoms with van der Waals surface area (Å²) in [5, 5.41) is 7.63. The van der Waals surface area contributed by atoms with E-state index in [9.17, 15) is 0 Å². The summed E-state index contributed by atoms with van der Waals surface area (Å²) in [5.74, 6) is 0. The van der Waals surface area contributed by atoms with Crippen LogP contribution < -0.4 is 0 Å². The van der Waals surface area contributed by atoms with Gasteiger partial charge >= 0.3 is 0 Å². The number of fused-ring (bicyclic) bond motifs is 6. The smallest absolute Gasteiger partial charge is 0.0159 e. The molecule has 0 atom stereocenters. The fourth-order valence-corrected chi connectivity index (χ4v) is 8.83. The Labute approximate surface area is 299 Å². The standard InChI is InChI=1S/C51H36/c1-51(2)47-23-13-12-18-40(47)41-29-28-36(32-48(41)51)37-30-31-46(39-17-7-6-16-38(37)39)50-44-21-10-8-19-42(44)49(43-20-9-11-22-45(43)50)35-26-24-34(25-27-35)33-14-4-3-5-15-33/h3-32H,1-2H3. The second-order valence-corrected chi connectivity index (χ2v) is 14.4. The van der Waals surface area contributed by atoms with Crippen molar-refractivity contribution in [3.8, 4) is 55.6 Å². The molecule has 0 bridgehead atoms. The summed E-state index contributed by atoms with van der Waals surface area (Å²) in [7, 11) is 0. The van der Waals surface area contributed by atoms with E-state index < -0.39 is 0 Å². The Balaban J connectivity index is 1.17. The van der Waals surface area contributed by atoms with E-state index in [1.165, 1.54) is 99.1 Å². The highest BCUT2D eigenvalue weighted by Gasteiger charge is 2.35. The Kier molecular flexibility index (Phi) is 6.63. The van der Waals surface area contributed by atoms with Gasteiger partial charge in [0.15, 0.2) is 0 Å². The van der Waals surface area contributed by atoms with Crippen molar-refractivity contribution in [1.82, 2.24) is 0 Å². The third kappa shape index (κ3) is 4.53. The Morgan fingerprint density at radius 1 is 0.275 bits per heavy atom. The zero-order chi connectivity index (χ0) is 34.1. The van der Waals surface area contributed by atoms with Gasteiger partial charge in [0.05, 0.1) is 0 Å². The lowest BCUT2D eigenvalue weighted by Gasteiger charge is -2.22. The topological polar surface area (TPSA) is 0 Å². The second-order valence-electron chi connectivity index (χ2n) is 14.4. The van der Waals surface area contributed by atoms with Gasteiger partial charge in [0.1, 0.15) is 0 Å². The van der Waals surface area contributed by atoms with Gasteiger partial charge in [-0.25, -0.2) is 0 Å². The van der Waals surface area contributed by atoms with Crippen LogP contribution >= 0.6 is 0 Å². The van der Waals surface area contributed by atoms with Crippen LogP contribution in [0.4, 0.5) is 0 Å². The maximum absolute atomic E-state index is 2.44. The van der Waals surface area contributed by atoms with Gasteiger partial charge in [0, 0.05) is 5.41 Å². The van der Waals surface area contributed by atoms with Gasteiger partial charge < -0.3 is 0 Å². The Hall–Kier alpha value is -6.24. The zero-order valence-corrected chi connectivity index (χ0v) is 28.8. The van der Waals surface area contributed by atoms with Crippen molar-refractivity contribution in [2.45, 2.75) is 19.3 Å². The first-order valence-corrected chi connectivity index (χ1v) is 17.9. The van der Waals surface area contributed by atoms with Crippen molar-refractivity contribution in [1.29, 1.82) is 0 Å². The Morgan fingerprint density at radius 2 is 0.706 bits per heavy atom. The Morgan fingerprint density at radius 3 is 1.37 bits per heavy atom. The molecule has 0 fully saturated rings. The average Bonchev–Trinajstić information content (AvgIpc) is 3.42. The minimum atomic E-state index is -0.0425. The second kappa shape index (κ2) is 11.4. The molecule has 51 heavy (non-hydrogen) atoms. The number of hydrogen-bond acceptors (Lipinski definition) is 0. The van der Waals surface area contributed by atoms with Gasteiger partial charge in [-0.1, -0.05) is 190 Å². The molecule has 9 aromatic rings. The lowest BCUT2D eigenvalue weighted by molar-refractivity contribution is 0.660. The van der Waals surface area contributed by atoms with Crippen LogP contribution in [0.15, 0.2) is 182 Å². The van der Waals surface area contributed by atoms with Gasteiger partial charge in [-0.05, 0) is 105 Å². The number of rotatable bonds is 4. The fourth-order valence-electron chi connectivity index (χ4n) is 8.83. The van der Waals surface area contributed by atoms with Gasteiger partial charge in [0.25, 0.3) is 0 Å². The summed E-state index contributed by atoms with van der Waals surface area (Å²) >= 11 is 0. The summed E-state index contributed by atoms with van der Waals surface area (Å²) in [6.07, 6.45) is 0. The molecule has 1 aliphatic rings. The SMILES string of the molecule is CC1(C)c2ccccc2-c2ccc(-c3ccc(-c4c5ccccc5c(-c5ccc(-c6ccccc6)cc5)c5ccccc45)c4ccccc34)cc21. The minimum absolute atomic E-state index is 0.0425. The minimum Gasteiger partial charge on any atom is -0.0622 e. The summed E-state index contributed by atoms with van der Waals surface area (Å²) in [4.78, 5) is 0.